The third-order valence-corrected chi connectivity index (χ3v) is 2.12. The van der Waals surface area contributed by atoms with E-state index in [9.17, 15) is 8.42 Å². The minimum Gasteiger partial charge on any atom is -0.329 e. The van der Waals surface area contributed by atoms with Crippen molar-refractivity contribution >= 4 is 10.0 Å². The highest BCUT2D eigenvalue weighted by Gasteiger charge is 2.07. The van der Waals surface area contributed by atoms with E-state index in [0.29, 0.717) is 0 Å². The maximum absolute atomic E-state index is 10.8. The van der Waals surface area contributed by atoms with Crippen molar-refractivity contribution in [3.8, 4) is 0 Å². The van der Waals surface area contributed by atoms with Crippen LogP contribution in [0.15, 0.2) is 0 Å². The molecule has 0 heterocycles. The van der Waals surface area contributed by atoms with Crippen molar-refractivity contribution in [2.75, 3.05) is 26.4 Å². The maximum atomic E-state index is 10.8. The molecule has 0 aromatic carbocycles. The quantitative estimate of drug-likeness (QED) is 0.491. The maximum Gasteiger partial charge on any atom is 0.225 e. The Labute approximate surface area is 61.2 Å². The molecule has 0 aliphatic carbocycles. The van der Waals surface area contributed by atoms with Crippen LogP contribution in [-0.4, -0.2) is 39.8 Å². The molecular weight excluding hydrogens is 154 g/mol. The Bertz CT molecular complexity index is 175. The molecule has 0 bridgehead atoms. The Hall–Kier alpha value is -0.170. The molecule has 0 atom stereocenters. The summed E-state index contributed by atoms with van der Waals surface area (Å²) in [6.07, 6.45) is 0. The molecule has 6 heteroatoms. The topological polar surface area (TPSA) is 75.4 Å². The molecule has 0 aliphatic rings. The zero-order valence-electron chi connectivity index (χ0n) is 6.16. The van der Waals surface area contributed by atoms with Crippen LogP contribution >= 0.6 is 0 Å². The highest BCUT2D eigenvalue weighted by atomic mass is 32.2. The van der Waals surface area contributed by atoms with Crippen molar-refractivity contribution in [3.63, 3.8) is 0 Å². The first kappa shape index (κ1) is 9.83. The minimum absolute atomic E-state index is 0.0365. The Morgan fingerprint density at radius 1 is 1.50 bits per heavy atom. The van der Waals surface area contributed by atoms with Crippen LogP contribution in [0, 0.1) is 0 Å². The number of rotatable bonds is 4. The van der Waals surface area contributed by atoms with Gasteiger partial charge in [-0.2, -0.15) is 0 Å². The van der Waals surface area contributed by atoms with Crippen LogP contribution in [0.3, 0.4) is 0 Å². The highest BCUT2D eigenvalue weighted by Crippen LogP contribution is 1.80. The molecular formula is C4H13N3O2S. The van der Waals surface area contributed by atoms with Crippen molar-refractivity contribution in [1.82, 2.24) is 9.84 Å². The van der Waals surface area contributed by atoms with Gasteiger partial charge < -0.3 is 5.73 Å². The van der Waals surface area contributed by atoms with Crippen LogP contribution in [0.25, 0.3) is 0 Å². The molecule has 10 heavy (non-hydrogen) atoms. The summed E-state index contributed by atoms with van der Waals surface area (Å²) >= 11 is 0. The molecule has 0 saturated heterocycles. The highest BCUT2D eigenvalue weighted by molar-refractivity contribution is 7.89. The number of nitrogens with one attached hydrogen (secondary N) is 1. The molecule has 0 aromatic heterocycles. The van der Waals surface area contributed by atoms with E-state index in [-0.39, 0.29) is 12.3 Å². The first-order chi connectivity index (χ1) is 4.48. The normalized spacial score (nSPS) is 12.4. The smallest absolute Gasteiger partial charge is 0.225 e. The van der Waals surface area contributed by atoms with Gasteiger partial charge in [-0.25, -0.2) is 13.4 Å². The number of hydrogen-bond donors (Lipinski definition) is 2. The fourth-order valence-electron chi connectivity index (χ4n) is 0.479. The molecule has 3 N–H and O–H groups in total. The average molecular weight is 167 g/mol. The summed E-state index contributed by atoms with van der Waals surface area (Å²) in [4.78, 5) is 2.25. The fraction of sp³-hybridized carbons (Fsp3) is 1.00. The summed E-state index contributed by atoms with van der Waals surface area (Å²) in [5.41, 5.74) is 5.05. The number of nitrogens with two attached hydrogens (primary N) is 1. The zero-order valence-corrected chi connectivity index (χ0v) is 6.98. The van der Waals surface area contributed by atoms with Crippen molar-refractivity contribution in [3.05, 3.63) is 0 Å². The van der Waals surface area contributed by atoms with Crippen LogP contribution in [0.5, 0.6) is 0 Å². The average Bonchev–Trinajstić information content (AvgIpc) is 1.59. The SMILES string of the molecule is CN(C)NS(=O)(=O)CCN. The van der Waals surface area contributed by atoms with Gasteiger partial charge in [0.25, 0.3) is 0 Å². The molecule has 0 aliphatic heterocycles. The Morgan fingerprint density at radius 3 is 2.30 bits per heavy atom. The Kier molecular flexibility index (Phi) is 3.80. The summed E-state index contributed by atoms with van der Waals surface area (Å²) in [5.74, 6) is -0.0365. The molecule has 0 aromatic rings. The van der Waals surface area contributed by atoms with Gasteiger partial charge in [-0.1, -0.05) is 0 Å². The van der Waals surface area contributed by atoms with E-state index >= 15 is 0 Å². The van der Waals surface area contributed by atoms with Gasteiger partial charge in [0.1, 0.15) is 0 Å². The third kappa shape index (κ3) is 4.68. The molecule has 0 unspecified atom stereocenters. The van der Waals surface area contributed by atoms with E-state index in [4.69, 9.17) is 5.73 Å². The van der Waals surface area contributed by atoms with Crippen molar-refractivity contribution in [2.24, 2.45) is 5.73 Å². The number of nitrogens with zero attached hydrogens (tertiary/aromatic N) is 1. The molecule has 0 fully saturated rings. The van der Waals surface area contributed by atoms with E-state index in [0.717, 1.165) is 0 Å². The van der Waals surface area contributed by atoms with Crippen LogP contribution in [0.2, 0.25) is 0 Å². The van der Waals surface area contributed by atoms with Gasteiger partial charge in [0, 0.05) is 20.6 Å². The summed E-state index contributed by atoms with van der Waals surface area (Å²) in [6.45, 7) is 0.142. The lowest BCUT2D eigenvalue weighted by molar-refractivity contribution is 0.364. The monoisotopic (exact) mass is 167 g/mol. The van der Waals surface area contributed by atoms with Crippen LogP contribution in [0.4, 0.5) is 0 Å². The van der Waals surface area contributed by atoms with E-state index in [1.165, 1.54) is 5.01 Å². The van der Waals surface area contributed by atoms with Gasteiger partial charge in [0.15, 0.2) is 0 Å². The Balaban J connectivity index is 3.89. The van der Waals surface area contributed by atoms with E-state index < -0.39 is 10.0 Å². The van der Waals surface area contributed by atoms with Crippen LogP contribution < -0.4 is 10.6 Å². The Morgan fingerprint density at radius 2 is 2.00 bits per heavy atom. The van der Waals surface area contributed by atoms with E-state index in [1.807, 2.05) is 0 Å². The predicted octanol–water partition coefficient (Wildman–Crippen LogP) is -1.66. The van der Waals surface area contributed by atoms with Gasteiger partial charge in [0.2, 0.25) is 10.0 Å². The summed E-state index contributed by atoms with van der Waals surface area (Å²) in [7, 11) is 0.0305. The van der Waals surface area contributed by atoms with Gasteiger partial charge in [-0.15, -0.1) is 4.83 Å². The number of sulfonamides is 1. The molecule has 62 valence electrons. The lowest BCUT2D eigenvalue weighted by Gasteiger charge is -2.10. The lowest BCUT2D eigenvalue weighted by atomic mass is 10.8. The number of hydrazine groups is 1. The second-order valence-electron chi connectivity index (χ2n) is 2.09. The first-order valence-corrected chi connectivity index (χ1v) is 4.50. The minimum atomic E-state index is -3.18. The zero-order chi connectivity index (χ0) is 8.20. The van der Waals surface area contributed by atoms with Gasteiger partial charge in [0.05, 0.1) is 5.75 Å². The third-order valence-electron chi connectivity index (χ3n) is 0.708. The fourth-order valence-corrected chi connectivity index (χ4v) is 1.44. The van der Waals surface area contributed by atoms with Crippen LogP contribution in [0.1, 0.15) is 0 Å². The van der Waals surface area contributed by atoms with Crippen molar-refractivity contribution in [2.45, 2.75) is 0 Å². The van der Waals surface area contributed by atoms with E-state index in [2.05, 4.69) is 4.83 Å². The van der Waals surface area contributed by atoms with Crippen molar-refractivity contribution in [1.29, 1.82) is 0 Å². The van der Waals surface area contributed by atoms with E-state index in [1.54, 1.807) is 14.1 Å². The first-order valence-electron chi connectivity index (χ1n) is 2.85. The second-order valence-corrected chi connectivity index (χ2v) is 3.91. The molecule has 0 amide bonds. The standard InChI is InChI=1S/C4H13N3O2S/c1-7(2)6-10(8,9)4-3-5/h6H,3-5H2,1-2H3. The number of hydrogen-bond acceptors (Lipinski definition) is 4. The summed E-state index contributed by atoms with van der Waals surface area (Å²) in [6, 6.07) is 0. The lowest BCUT2D eigenvalue weighted by Crippen LogP contribution is -2.39. The van der Waals surface area contributed by atoms with Gasteiger partial charge >= 0.3 is 0 Å². The molecule has 5 nitrogen and oxygen atoms in total. The summed E-state index contributed by atoms with van der Waals surface area (Å²) in [5, 5.41) is 1.37. The largest absolute Gasteiger partial charge is 0.329 e. The molecule has 0 rings (SSSR count). The second kappa shape index (κ2) is 3.87. The van der Waals surface area contributed by atoms with Gasteiger partial charge in [-0.05, 0) is 0 Å². The van der Waals surface area contributed by atoms with Gasteiger partial charge in [-0.3, -0.25) is 0 Å². The van der Waals surface area contributed by atoms with Crippen molar-refractivity contribution < 1.29 is 8.42 Å². The molecule has 0 radical (unpaired) electrons. The van der Waals surface area contributed by atoms with Crippen LogP contribution in [-0.2, 0) is 10.0 Å². The summed E-state index contributed by atoms with van der Waals surface area (Å²) < 4.78 is 21.6. The predicted molar refractivity (Wildman–Crippen MR) is 39.7 cm³/mol. The molecule has 0 spiro atoms. The molecule has 0 saturated carbocycles.